The third-order valence-corrected chi connectivity index (χ3v) is 2.82. The number of hydrogen-bond donors (Lipinski definition) is 2. The third kappa shape index (κ3) is 5.68. The van der Waals surface area contributed by atoms with Crippen molar-refractivity contribution in [1.82, 2.24) is 0 Å². The number of esters is 1. The van der Waals surface area contributed by atoms with Crippen molar-refractivity contribution in [1.29, 1.82) is 0 Å². The molecule has 132 valence electrons. The first-order chi connectivity index (χ1) is 11.2. The number of nitro benzene ring substituents is 1. The van der Waals surface area contributed by atoms with E-state index in [2.05, 4.69) is 4.74 Å². The highest BCUT2D eigenvalue weighted by molar-refractivity contribution is 5.71. The Bertz CT molecular complexity index is 632. The predicted molar refractivity (Wildman–Crippen MR) is 78.5 cm³/mol. The van der Waals surface area contributed by atoms with Crippen LogP contribution in [-0.2, 0) is 16.0 Å². The highest BCUT2D eigenvalue weighted by Crippen LogP contribution is 2.34. The summed E-state index contributed by atoms with van der Waals surface area (Å²) in [5, 5.41) is 40.8. The Morgan fingerprint density at radius 2 is 2.00 bits per heavy atom. The molecule has 0 aliphatic heterocycles. The summed E-state index contributed by atoms with van der Waals surface area (Å²) in [6.07, 6.45) is -1.85. The van der Waals surface area contributed by atoms with Gasteiger partial charge in [0, 0.05) is 16.9 Å². The molecule has 24 heavy (non-hydrogen) atoms. The molecule has 1 atom stereocenters. The normalized spacial score (nSPS) is 11.6. The summed E-state index contributed by atoms with van der Waals surface area (Å²) in [6, 6.07) is 1.84. The Balaban J connectivity index is 2.98. The maximum atomic E-state index is 11.2. The average molecular weight is 344 g/mol. The van der Waals surface area contributed by atoms with E-state index in [1.54, 1.807) is 6.92 Å². The van der Waals surface area contributed by atoms with Crippen LogP contribution in [0.25, 0.3) is 0 Å². The Labute approximate surface area is 135 Å². The number of phenolic OH excluding ortho intramolecular Hbond substituents is 1. The molecule has 0 saturated carbocycles. The molecule has 0 aliphatic rings. The van der Waals surface area contributed by atoms with Crippen LogP contribution in [0.1, 0.15) is 12.5 Å². The summed E-state index contributed by atoms with van der Waals surface area (Å²) < 4.78 is 9.58. The van der Waals surface area contributed by atoms with Gasteiger partial charge in [0.05, 0.1) is 17.6 Å². The maximum Gasteiger partial charge on any atom is 0.344 e. The van der Waals surface area contributed by atoms with Crippen LogP contribution < -0.4 is 4.74 Å². The minimum atomic E-state index is -1.45. The van der Waals surface area contributed by atoms with Gasteiger partial charge in [0.15, 0.2) is 18.1 Å². The van der Waals surface area contributed by atoms with Crippen molar-refractivity contribution in [2.75, 3.05) is 19.8 Å². The van der Waals surface area contributed by atoms with Gasteiger partial charge in [0.25, 0.3) is 5.69 Å². The number of carbonyl (C=O) groups excluding carboxylic acids is 1. The van der Waals surface area contributed by atoms with Crippen LogP contribution in [0.5, 0.6) is 11.5 Å². The van der Waals surface area contributed by atoms with Crippen molar-refractivity contribution in [2.45, 2.75) is 19.4 Å². The molecule has 0 heterocycles. The van der Waals surface area contributed by atoms with Gasteiger partial charge in [0.2, 0.25) is 6.54 Å². The molecule has 0 spiro atoms. The molecule has 11 heteroatoms. The standard InChI is InChI=1S/C13H16N2O9/c1-2-23-13(18)7-24-12-5-10(15(21)22)8(4-11(12)17)3-9(16)6-14(19)20/h4-5,9,16-17H,2-3,6-7H2,1H3. The molecule has 1 aromatic rings. The number of nitro groups is 2. The van der Waals surface area contributed by atoms with Gasteiger partial charge in [-0.3, -0.25) is 20.2 Å². The summed E-state index contributed by atoms with van der Waals surface area (Å²) in [6.45, 7) is 0.369. The van der Waals surface area contributed by atoms with E-state index in [1.165, 1.54) is 0 Å². The molecule has 0 bridgehead atoms. The quantitative estimate of drug-likeness (QED) is 0.367. The maximum absolute atomic E-state index is 11.2. The number of carbonyl (C=O) groups is 1. The summed E-state index contributed by atoms with van der Waals surface area (Å²) in [4.78, 5) is 31.1. The van der Waals surface area contributed by atoms with E-state index in [9.17, 15) is 35.2 Å². The molecule has 0 saturated heterocycles. The van der Waals surface area contributed by atoms with Gasteiger partial charge >= 0.3 is 5.97 Å². The minimum absolute atomic E-state index is 0.102. The van der Waals surface area contributed by atoms with Crippen molar-refractivity contribution in [3.8, 4) is 11.5 Å². The topological polar surface area (TPSA) is 162 Å². The second-order valence-corrected chi connectivity index (χ2v) is 4.67. The first-order valence-corrected chi connectivity index (χ1v) is 6.83. The predicted octanol–water partition coefficient (Wildman–Crippen LogP) is 0.422. The number of nitrogens with zero attached hydrogens (tertiary/aromatic N) is 2. The zero-order chi connectivity index (χ0) is 18.3. The van der Waals surface area contributed by atoms with Gasteiger partial charge in [-0.15, -0.1) is 0 Å². The van der Waals surface area contributed by atoms with E-state index in [0.717, 1.165) is 12.1 Å². The number of aromatic hydroxyl groups is 1. The van der Waals surface area contributed by atoms with Crippen LogP contribution >= 0.6 is 0 Å². The monoisotopic (exact) mass is 344 g/mol. The zero-order valence-corrected chi connectivity index (χ0v) is 12.7. The van der Waals surface area contributed by atoms with Crippen LogP contribution in [0, 0.1) is 20.2 Å². The Morgan fingerprint density at radius 1 is 1.33 bits per heavy atom. The number of benzene rings is 1. The fourth-order valence-electron chi connectivity index (χ4n) is 1.88. The summed E-state index contributed by atoms with van der Waals surface area (Å²) in [5.41, 5.74) is -0.607. The molecular formula is C13H16N2O9. The van der Waals surface area contributed by atoms with E-state index in [1.807, 2.05) is 0 Å². The van der Waals surface area contributed by atoms with Gasteiger partial charge in [-0.2, -0.15) is 0 Å². The van der Waals surface area contributed by atoms with Gasteiger partial charge < -0.3 is 19.7 Å². The number of ether oxygens (including phenoxy) is 2. The fraction of sp³-hybridized carbons (Fsp3) is 0.462. The second-order valence-electron chi connectivity index (χ2n) is 4.67. The van der Waals surface area contributed by atoms with Crippen LogP contribution in [0.15, 0.2) is 12.1 Å². The molecule has 0 aromatic heterocycles. The molecule has 2 N–H and O–H groups in total. The van der Waals surface area contributed by atoms with E-state index < -0.39 is 52.9 Å². The lowest BCUT2D eigenvalue weighted by molar-refractivity contribution is -0.490. The number of rotatable bonds is 9. The number of phenols is 1. The first kappa shape index (κ1) is 19.1. The Kier molecular flexibility index (Phi) is 6.86. The molecule has 0 fully saturated rings. The van der Waals surface area contributed by atoms with Crippen LogP contribution in [0.3, 0.4) is 0 Å². The van der Waals surface area contributed by atoms with E-state index in [-0.39, 0.29) is 17.9 Å². The molecule has 0 radical (unpaired) electrons. The molecule has 1 rings (SSSR count). The number of aliphatic hydroxyl groups is 1. The molecule has 0 amide bonds. The van der Waals surface area contributed by atoms with E-state index >= 15 is 0 Å². The lowest BCUT2D eigenvalue weighted by atomic mass is 10.0. The zero-order valence-electron chi connectivity index (χ0n) is 12.7. The van der Waals surface area contributed by atoms with Gasteiger partial charge in [-0.1, -0.05) is 0 Å². The summed E-state index contributed by atoms with van der Waals surface area (Å²) in [7, 11) is 0. The van der Waals surface area contributed by atoms with Crippen molar-refractivity contribution >= 4 is 11.7 Å². The number of aliphatic hydroxyl groups excluding tert-OH is 1. The SMILES string of the molecule is CCOC(=O)COc1cc([N+](=O)[O-])c(CC(O)C[N+](=O)[O-])cc1O. The summed E-state index contributed by atoms with van der Waals surface area (Å²) >= 11 is 0. The van der Waals surface area contributed by atoms with Crippen molar-refractivity contribution in [3.05, 3.63) is 37.9 Å². The molecule has 0 aliphatic carbocycles. The fourth-order valence-corrected chi connectivity index (χ4v) is 1.88. The van der Waals surface area contributed by atoms with Crippen molar-refractivity contribution in [3.63, 3.8) is 0 Å². The molecule has 11 nitrogen and oxygen atoms in total. The van der Waals surface area contributed by atoms with E-state index in [0.29, 0.717) is 0 Å². The van der Waals surface area contributed by atoms with Crippen molar-refractivity contribution < 1.29 is 34.3 Å². The average Bonchev–Trinajstić information content (AvgIpc) is 2.45. The molecule has 1 aromatic carbocycles. The van der Waals surface area contributed by atoms with Gasteiger partial charge in [-0.05, 0) is 13.0 Å². The van der Waals surface area contributed by atoms with Gasteiger partial charge in [0.1, 0.15) is 6.10 Å². The minimum Gasteiger partial charge on any atom is -0.504 e. The Hall–Kier alpha value is -2.95. The largest absolute Gasteiger partial charge is 0.504 e. The molecule has 1 unspecified atom stereocenters. The smallest absolute Gasteiger partial charge is 0.344 e. The molecular weight excluding hydrogens is 328 g/mol. The summed E-state index contributed by atoms with van der Waals surface area (Å²) in [5.74, 6) is -1.54. The first-order valence-electron chi connectivity index (χ1n) is 6.83. The number of hydrogen-bond acceptors (Lipinski definition) is 9. The highest BCUT2D eigenvalue weighted by Gasteiger charge is 2.23. The van der Waals surface area contributed by atoms with Crippen LogP contribution in [0.4, 0.5) is 5.69 Å². The lowest BCUT2D eigenvalue weighted by Gasteiger charge is -2.11. The second kappa shape index (κ2) is 8.62. The highest BCUT2D eigenvalue weighted by atomic mass is 16.6. The van der Waals surface area contributed by atoms with Crippen LogP contribution in [0.2, 0.25) is 0 Å². The van der Waals surface area contributed by atoms with E-state index in [4.69, 9.17) is 4.74 Å². The van der Waals surface area contributed by atoms with Crippen molar-refractivity contribution in [2.24, 2.45) is 0 Å². The lowest BCUT2D eigenvalue weighted by Crippen LogP contribution is -2.22. The Morgan fingerprint density at radius 3 is 2.54 bits per heavy atom. The van der Waals surface area contributed by atoms with Crippen LogP contribution in [-0.4, -0.2) is 51.9 Å². The third-order valence-electron chi connectivity index (χ3n) is 2.82. The van der Waals surface area contributed by atoms with Gasteiger partial charge in [-0.25, -0.2) is 4.79 Å².